The van der Waals surface area contributed by atoms with Crippen molar-refractivity contribution in [3.8, 4) is 11.5 Å². The third-order valence-electron chi connectivity index (χ3n) is 4.09. The normalized spacial score (nSPS) is 10.3. The quantitative estimate of drug-likeness (QED) is 0.314. The summed E-state index contributed by atoms with van der Waals surface area (Å²) in [7, 11) is 0. The van der Waals surface area contributed by atoms with Gasteiger partial charge in [0.1, 0.15) is 0 Å². The van der Waals surface area contributed by atoms with E-state index < -0.39 is 96.4 Å². The molecule has 2 aromatic carbocycles. The zero-order valence-corrected chi connectivity index (χ0v) is 16.7. The first-order chi connectivity index (χ1) is 17.0. The lowest BCUT2D eigenvalue weighted by Crippen LogP contribution is -2.08. The Hall–Kier alpha value is -6.56. The van der Waals surface area contributed by atoms with Crippen LogP contribution in [0, 0.1) is 80.9 Å². The number of nitrogens with zero attached hydrogens (tertiary/aromatic N) is 8. The van der Waals surface area contributed by atoms with Gasteiger partial charge in [0.2, 0.25) is 11.5 Å². The smallest absolute Gasteiger partial charge is 0.433 e. The van der Waals surface area contributed by atoms with Gasteiger partial charge in [0.05, 0.1) is 51.5 Å². The first-order valence-corrected chi connectivity index (χ1v) is 8.27. The maximum absolute atomic E-state index is 11.5. The van der Waals surface area contributed by atoms with E-state index in [0.29, 0.717) is 0 Å². The zero-order valence-electron chi connectivity index (χ0n) is 16.7. The maximum atomic E-state index is 11.5. The van der Waals surface area contributed by atoms with Crippen LogP contribution in [0.4, 0.5) is 45.5 Å². The second-order valence-corrected chi connectivity index (χ2v) is 6.04. The van der Waals surface area contributed by atoms with Crippen molar-refractivity contribution in [2.75, 3.05) is 0 Å². The Balaban J connectivity index is 3.18. The van der Waals surface area contributed by atoms with Gasteiger partial charge in [-0.15, -0.1) is 0 Å². The van der Waals surface area contributed by atoms with Gasteiger partial charge in [-0.3, -0.25) is 80.9 Å². The molecule has 2 rings (SSSR count). The molecule has 0 aliphatic rings. The van der Waals surface area contributed by atoms with Gasteiger partial charge in [-0.1, -0.05) is 0 Å². The number of nitro groups is 8. The minimum atomic E-state index is -2.16. The Morgan fingerprint density at radius 3 is 0.811 bits per heavy atom. The lowest BCUT2D eigenvalue weighted by molar-refractivity contribution is -0.452. The maximum Gasteiger partial charge on any atom is 0.433 e. The lowest BCUT2D eigenvalue weighted by Gasteiger charge is -2.08. The first-order valence-electron chi connectivity index (χ1n) is 8.27. The predicted molar refractivity (Wildman–Crippen MR) is 106 cm³/mol. The van der Waals surface area contributed by atoms with Crippen LogP contribution in [-0.4, -0.2) is 39.4 Å². The van der Waals surface area contributed by atoms with Gasteiger partial charge in [-0.25, -0.2) is 0 Å². The van der Waals surface area contributed by atoms with Crippen molar-refractivity contribution in [1.29, 1.82) is 0 Å². The van der Waals surface area contributed by atoms with Crippen LogP contribution in [0.5, 0.6) is 11.5 Å². The molecule has 0 unspecified atom stereocenters. The van der Waals surface area contributed by atoms with Gasteiger partial charge in [0.25, 0.3) is 0 Å². The van der Waals surface area contributed by atoms with Gasteiger partial charge >= 0.3 is 45.5 Å². The van der Waals surface area contributed by atoms with E-state index in [9.17, 15) is 80.9 Å². The van der Waals surface area contributed by atoms with Crippen molar-refractivity contribution in [1.82, 2.24) is 0 Å². The summed E-state index contributed by atoms with van der Waals surface area (Å²) in [4.78, 5) is 76.8. The van der Waals surface area contributed by atoms with Crippen molar-refractivity contribution in [3.05, 3.63) is 93.0 Å². The van der Waals surface area contributed by atoms with E-state index >= 15 is 0 Å². The summed E-state index contributed by atoms with van der Waals surface area (Å²) in [6.07, 6.45) is 0. The monoisotopic (exact) mass is 530 g/mol. The van der Waals surface area contributed by atoms with Crippen LogP contribution in [0.3, 0.4) is 0 Å². The van der Waals surface area contributed by atoms with E-state index in [1.165, 1.54) is 0 Å². The molecule has 0 radical (unpaired) electrons. The Morgan fingerprint density at radius 2 is 0.622 bits per heavy atom. The summed E-state index contributed by atoms with van der Waals surface area (Å²) >= 11 is 0. The van der Waals surface area contributed by atoms with Gasteiger partial charge in [0.15, 0.2) is 0 Å². The van der Waals surface area contributed by atoms with Gasteiger partial charge in [0, 0.05) is 0 Å². The zero-order chi connectivity index (χ0) is 28.5. The fourth-order valence-corrected chi connectivity index (χ4v) is 2.83. The molecule has 0 aliphatic carbocycles. The average molecular weight is 530 g/mol. The molecule has 0 saturated heterocycles. The van der Waals surface area contributed by atoms with Crippen LogP contribution < -0.4 is 4.74 Å². The SMILES string of the molecule is O=[N+]([O-])c1cc(Oc2cc([N+](=O)[O-])c([N+](=O)[O-])c([N+](=O)[O-])c2[N+](=O)[O-])c([N+](=O)[O-])c([N+](=O)[O-])c1[N+](=O)[O-]. The van der Waals surface area contributed by atoms with Crippen molar-refractivity contribution >= 4 is 45.5 Å². The molecule has 0 atom stereocenters. The van der Waals surface area contributed by atoms with E-state index in [-0.39, 0.29) is 12.1 Å². The number of rotatable bonds is 10. The molecule has 0 N–H and O–H groups in total. The number of nitro benzene ring substituents is 8. The van der Waals surface area contributed by atoms with Crippen LogP contribution in [0.1, 0.15) is 0 Å². The molecule has 37 heavy (non-hydrogen) atoms. The molecule has 192 valence electrons. The third-order valence-corrected chi connectivity index (χ3v) is 4.09. The summed E-state index contributed by atoms with van der Waals surface area (Å²) in [5, 5.41) is 90.7. The van der Waals surface area contributed by atoms with Crippen LogP contribution in [0.15, 0.2) is 12.1 Å². The minimum Gasteiger partial charge on any atom is -0.442 e. The van der Waals surface area contributed by atoms with E-state index in [4.69, 9.17) is 0 Å². The lowest BCUT2D eigenvalue weighted by atomic mass is 10.1. The molecule has 25 heteroatoms. The van der Waals surface area contributed by atoms with Crippen LogP contribution in [-0.2, 0) is 0 Å². The molecule has 2 aromatic rings. The van der Waals surface area contributed by atoms with Crippen molar-refractivity contribution in [2.45, 2.75) is 0 Å². The van der Waals surface area contributed by atoms with E-state index in [1.807, 2.05) is 0 Å². The molecule has 0 saturated carbocycles. The highest BCUT2D eigenvalue weighted by atomic mass is 16.7. The summed E-state index contributed by atoms with van der Waals surface area (Å²) in [6.45, 7) is 0. The molecule has 0 bridgehead atoms. The van der Waals surface area contributed by atoms with Gasteiger partial charge < -0.3 is 4.74 Å². The minimum absolute atomic E-state index is 0.188. The summed E-state index contributed by atoms with van der Waals surface area (Å²) in [5.74, 6) is -3.48. The molecule has 0 aromatic heterocycles. The highest BCUT2D eigenvalue weighted by Crippen LogP contribution is 2.53. The first kappa shape index (κ1) is 26.7. The number of hydrogen-bond acceptors (Lipinski definition) is 17. The molecular weight excluding hydrogens is 528 g/mol. The largest absolute Gasteiger partial charge is 0.442 e. The van der Waals surface area contributed by atoms with Crippen molar-refractivity contribution in [3.63, 3.8) is 0 Å². The van der Waals surface area contributed by atoms with Crippen LogP contribution >= 0.6 is 0 Å². The van der Waals surface area contributed by atoms with Crippen LogP contribution in [0.25, 0.3) is 0 Å². The van der Waals surface area contributed by atoms with E-state index in [2.05, 4.69) is 4.74 Å². The fraction of sp³-hybridized carbons (Fsp3) is 0. The van der Waals surface area contributed by atoms with Crippen molar-refractivity contribution in [2.24, 2.45) is 0 Å². The number of hydrogen-bond donors (Lipinski definition) is 0. The highest BCUT2D eigenvalue weighted by molar-refractivity contribution is 5.82. The van der Waals surface area contributed by atoms with Crippen molar-refractivity contribution < 1.29 is 44.1 Å². The fourth-order valence-electron chi connectivity index (χ4n) is 2.83. The molecule has 0 fully saturated rings. The topological polar surface area (TPSA) is 354 Å². The molecular formula is C12H2N8O17. The average Bonchev–Trinajstić information content (AvgIpc) is 2.75. The molecule has 0 heterocycles. The molecule has 0 spiro atoms. The van der Waals surface area contributed by atoms with Crippen LogP contribution in [0.2, 0.25) is 0 Å². The second-order valence-electron chi connectivity index (χ2n) is 6.04. The summed E-state index contributed by atoms with van der Waals surface area (Å²) in [5.41, 5.74) is -16.1. The van der Waals surface area contributed by atoms with Gasteiger partial charge in [-0.05, 0) is 0 Å². The van der Waals surface area contributed by atoms with Gasteiger partial charge in [-0.2, -0.15) is 0 Å². The summed E-state index contributed by atoms with van der Waals surface area (Å²) < 4.78 is 4.65. The third kappa shape index (κ3) is 4.60. The molecule has 0 amide bonds. The van der Waals surface area contributed by atoms with E-state index in [1.54, 1.807) is 0 Å². The summed E-state index contributed by atoms with van der Waals surface area (Å²) in [6, 6.07) is -0.377. The number of ether oxygens (including phenoxy) is 1. The highest BCUT2D eigenvalue weighted by Gasteiger charge is 2.50. The Bertz CT molecular complexity index is 1370. The molecule has 0 aliphatic heterocycles. The Labute approximate surface area is 195 Å². The van der Waals surface area contributed by atoms with E-state index in [0.717, 1.165) is 0 Å². The Morgan fingerprint density at radius 1 is 0.378 bits per heavy atom. The standard InChI is InChI=1S/C12H2N8O17/c21-13(22)3-1-5(9(17(29)30)11(19(33)34)7(3)15(25)26)37-6-2-4(14(23)24)8(16(27)28)12(20(35)36)10(6)18(31)32/h1-2H. The molecule has 25 nitrogen and oxygen atoms in total. The Kier molecular flexibility index (Phi) is 6.75. The second kappa shape index (κ2) is 9.36. The number of benzene rings is 2. The predicted octanol–water partition coefficient (Wildman–Crippen LogP) is 2.74.